The van der Waals surface area contributed by atoms with Gasteiger partial charge < -0.3 is 14.4 Å². The van der Waals surface area contributed by atoms with Crippen LogP contribution in [-0.2, 0) is 14.3 Å². The summed E-state index contributed by atoms with van der Waals surface area (Å²) in [5, 5.41) is 0. The Bertz CT molecular complexity index is 716. The number of anilines is 4. The highest BCUT2D eigenvalue weighted by Gasteiger charge is 2.29. The molecular weight excluding hydrogens is 308 g/mol. The van der Waals surface area contributed by atoms with Gasteiger partial charge in [0.25, 0.3) is 0 Å². The van der Waals surface area contributed by atoms with Gasteiger partial charge in [-0.25, -0.2) is 14.8 Å². The topological polar surface area (TPSA) is 67.8 Å². The Kier molecular flexibility index (Phi) is 4.72. The molecule has 7 nitrogen and oxygen atoms in total. The summed E-state index contributed by atoms with van der Waals surface area (Å²) in [6.45, 7) is 0.840. The molecule has 2 heterocycles. The van der Waals surface area contributed by atoms with Crippen molar-refractivity contribution in [2.45, 2.75) is 0 Å². The summed E-state index contributed by atoms with van der Waals surface area (Å²) in [4.78, 5) is 24.2. The van der Waals surface area contributed by atoms with Crippen molar-refractivity contribution in [2.24, 2.45) is 0 Å². The van der Waals surface area contributed by atoms with Crippen LogP contribution in [0.15, 0.2) is 48.8 Å². The van der Waals surface area contributed by atoms with Crippen LogP contribution in [0, 0.1) is 0 Å². The summed E-state index contributed by atoms with van der Waals surface area (Å²) >= 11 is 0. The van der Waals surface area contributed by atoms with Crippen molar-refractivity contribution in [2.75, 3.05) is 37.3 Å². The van der Waals surface area contributed by atoms with E-state index in [-0.39, 0.29) is 5.97 Å². The Morgan fingerprint density at radius 2 is 1.71 bits per heavy atom. The third-order valence-corrected chi connectivity index (χ3v) is 3.64. The number of aromatic nitrogens is 2. The molecule has 1 aromatic carbocycles. The van der Waals surface area contributed by atoms with Crippen LogP contribution in [0.5, 0.6) is 0 Å². The van der Waals surface area contributed by atoms with Crippen molar-refractivity contribution in [3.8, 4) is 0 Å². The molecule has 1 aromatic heterocycles. The highest BCUT2D eigenvalue weighted by Crippen LogP contribution is 2.45. The normalized spacial score (nSPS) is 12.9. The lowest BCUT2D eigenvalue weighted by Crippen LogP contribution is -2.32. The zero-order chi connectivity index (χ0) is 16.9. The predicted molar refractivity (Wildman–Crippen MR) is 90.7 cm³/mol. The molecule has 3 rings (SSSR count). The molecule has 7 heteroatoms. The molecule has 0 amide bonds. The second-order valence-corrected chi connectivity index (χ2v) is 5.07. The van der Waals surface area contributed by atoms with Gasteiger partial charge in [-0.1, -0.05) is 18.2 Å². The molecular formula is C17H18N4O3. The molecule has 24 heavy (non-hydrogen) atoms. The van der Waals surface area contributed by atoms with Crippen LogP contribution in [0.25, 0.3) is 0 Å². The number of rotatable bonds is 5. The first-order chi connectivity index (χ1) is 11.8. The zero-order valence-corrected chi connectivity index (χ0v) is 13.5. The largest absolute Gasteiger partial charge is 0.466 e. The maximum Gasteiger partial charge on any atom is 0.330 e. The first-order valence-electron chi connectivity index (χ1n) is 7.44. The minimum Gasteiger partial charge on any atom is -0.466 e. The highest BCUT2D eigenvalue weighted by molar-refractivity contribution is 5.90. The van der Waals surface area contributed by atoms with Crippen molar-refractivity contribution in [1.82, 2.24) is 9.97 Å². The van der Waals surface area contributed by atoms with E-state index in [1.807, 2.05) is 34.1 Å². The van der Waals surface area contributed by atoms with Gasteiger partial charge in [0.1, 0.15) is 6.73 Å². The van der Waals surface area contributed by atoms with Crippen LogP contribution in [0.3, 0.4) is 0 Å². The molecule has 0 unspecified atom stereocenters. The Labute approximate surface area is 140 Å². The molecule has 0 saturated heterocycles. The van der Waals surface area contributed by atoms with Gasteiger partial charge in [0.05, 0.1) is 18.5 Å². The molecule has 0 atom stereocenters. The number of carbonyl (C=O) groups is 1. The summed E-state index contributed by atoms with van der Waals surface area (Å²) in [5.74, 6) is 1.04. The number of benzene rings is 1. The molecule has 0 bridgehead atoms. The van der Waals surface area contributed by atoms with Crippen molar-refractivity contribution in [3.05, 3.63) is 48.8 Å². The zero-order valence-electron chi connectivity index (χ0n) is 13.5. The third kappa shape index (κ3) is 2.93. The lowest BCUT2D eigenvalue weighted by molar-refractivity contribution is -0.134. The third-order valence-electron chi connectivity index (χ3n) is 3.64. The number of esters is 1. The fourth-order valence-corrected chi connectivity index (χ4v) is 2.62. The van der Waals surface area contributed by atoms with Crippen molar-refractivity contribution >= 4 is 29.0 Å². The Balaban J connectivity index is 2.02. The quantitative estimate of drug-likeness (QED) is 0.617. The number of para-hydroxylation sites is 2. The lowest BCUT2D eigenvalue weighted by Gasteiger charge is -2.37. The van der Waals surface area contributed by atoms with Crippen LogP contribution in [0.1, 0.15) is 0 Å². The van der Waals surface area contributed by atoms with E-state index in [9.17, 15) is 4.79 Å². The van der Waals surface area contributed by atoms with E-state index in [0.29, 0.717) is 24.9 Å². The molecule has 1 aliphatic heterocycles. The molecule has 0 radical (unpaired) electrons. The first-order valence-corrected chi connectivity index (χ1v) is 7.44. The van der Waals surface area contributed by atoms with E-state index in [0.717, 1.165) is 11.4 Å². The van der Waals surface area contributed by atoms with Crippen LogP contribution < -0.4 is 9.80 Å². The van der Waals surface area contributed by atoms with Gasteiger partial charge in [-0.15, -0.1) is 0 Å². The molecule has 1 aliphatic rings. The van der Waals surface area contributed by atoms with Gasteiger partial charge in [0, 0.05) is 32.1 Å². The SMILES string of the molecule is COCN1c2ccccc2N(C/C=C/C(=O)OC)c2nccnc21. The van der Waals surface area contributed by atoms with Crippen LogP contribution in [-0.4, -0.2) is 43.4 Å². The fourth-order valence-electron chi connectivity index (χ4n) is 2.62. The standard InChI is InChI=1S/C17H18N4O3/c1-23-12-21-14-7-4-3-6-13(14)20(11-5-8-15(22)24-2)16-17(21)19-10-9-18-16/h3-10H,11-12H2,1-2H3/b8-5+. The van der Waals surface area contributed by atoms with Gasteiger partial charge in [0.2, 0.25) is 0 Å². The minimum absolute atomic E-state index is 0.370. The van der Waals surface area contributed by atoms with Gasteiger partial charge >= 0.3 is 5.97 Å². The minimum atomic E-state index is -0.388. The summed E-state index contributed by atoms with van der Waals surface area (Å²) in [5.41, 5.74) is 1.94. The van der Waals surface area contributed by atoms with Gasteiger partial charge in [-0.05, 0) is 12.1 Å². The summed E-state index contributed by atoms with van der Waals surface area (Å²) in [7, 11) is 3.00. The second-order valence-electron chi connectivity index (χ2n) is 5.07. The maximum atomic E-state index is 11.3. The van der Waals surface area contributed by atoms with Gasteiger partial charge in [-0.3, -0.25) is 4.90 Å². The summed E-state index contributed by atoms with van der Waals surface area (Å²) in [6.07, 6.45) is 6.44. The molecule has 0 aliphatic carbocycles. The molecule has 0 fully saturated rings. The van der Waals surface area contributed by atoms with E-state index in [1.165, 1.54) is 13.2 Å². The van der Waals surface area contributed by atoms with Crippen molar-refractivity contribution < 1.29 is 14.3 Å². The molecule has 124 valence electrons. The lowest BCUT2D eigenvalue weighted by atomic mass is 10.1. The number of carbonyl (C=O) groups excluding carboxylic acids is 1. The van der Waals surface area contributed by atoms with E-state index in [2.05, 4.69) is 14.7 Å². The average molecular weight is 326 g/mol. The number of nitrogens with zero attached hydrogens (tertiary/aromatic N) is 4. The highest BCUT2D eigenvalue weighted by atomic mass is 16.5. The predicted octanol–water partition coefficient (Wildman–Crippen LogP) is 2.40. The van der Waals surface area contributed by atoms with E-state index in [4.69, 9.17) is 4.74 Å². The molecule has 0 spiro atoms. The maximum absolute atomic E-state index is 11.3. The first kappa shape index (κ1) is 15.9. The van der Waals surface area contributed by atoms with Crippen molar-refractivity contribution in [1.29, 1.82) is 0 Å². The van der Waals surface area contributed by atoms with E-state index in [1.54, 1.807) is 25.6 Å². The number of methoxy groups -OCH3 is 2. The van der Waals surface area contributed by atoms with Gasteiger partial charge in [-0.2, -0.15) is 0 Å². The summed E-state index contributed by atoms with van der Waals surface area (Å²) in [6, 6.07) is 7.93. The Hall–Kier alpha value is -2.93. The number of fused-ring (bicyclic) bond motifs is 2. The smallest absolute Gasteiger partial charge is 0.330 e. The fraction of sp³-hybridized carbons (Fsp3) is 0.235. The van der Waals surface area contributed by atoms with E-state index >= 15 is 0 Å². The second kappa shape index (κ2) is 7.10. The summed E-state index contributed by atoms with van der Waals surface area (Å²) < 4.78 is 9.95. The van der Waals surface area contributed by atoms with Gasteiger partial charge in [0.15, 0.2) is 11.6 Å². The van der Waals surface area contributed by atoms with Crippen LogP contribution in [0.4, 0.5) is 23.0 Å². The number of hydrogen-bond donors (Lipinski definition) is 0. The Morgan fingerprint density at radius 3 is 2.33 bits per heavy atom. The molecule has 2 aromatic rings. The van der Waals surface area contributed by atoms with Crippen LogP contribution >= 0.6 is 0 Å². The van der Waals surface area contributed by atoms with Crippen molar-refractivity contribution in [3.63, 3.8) is 0 Å². The Morgan fingerprint density at radius 1 is 1.08 bits per heavy atom. The average Bonchev–Trinajstić information content (AvgIpc) is 2.63. The molecule has 0 N–H and O–H groups in total. The van der Waals surface area contributed by atoms with Crippen LogP contribution in [0.2, 0.25) is 0 Å². The number of hydrogen-bond acceptors (Lipinski definition) is 7. The van der Waals surface area contributed by atoms with E-state index < -0.39 is 0 Å². The monoisotopic (exact) mass is 326 g/mol. The number of ether oxygens (including phenoxy) is 2. The molecule has 0 saturated carbocycles.